The second kappa shape index (κ2) is 6.07. The van der Waals surface area contributed by atoms with Crippen LogP contribution in [0.1, 0.15) is 31.7 Å². The van der Waals surface area contributed by atoms with Gasteiger partial charge in [0.05, 0.1) is 13.7 Å². The summed E-state index contributed by atoms with van der Waals surface area (Å²) in [5, 5.41) is 0. The van der Waals surface area contributed by atoms with E-state index in [4.69, 9.17) is 9.47 Å². The summed E-state index contributed by atoms with van der Waals surface area (Å²) >= 11 is 0. The Labute approximate surface area is 119 Å². The van der Waals surface area contributed by atoms with Crippen LogP contribution in [-0.4, -0.2) is 25.5 Å². The zero-order chi connectivity index (χ0) is 14.7. The molecule has 0 amide bonds. The number of fused-ring (bicyclic) bond motifs is 1. The molecule has 1 aromatic rings. The standard InChI is InChI=1S/C16H20O4/c1-4-11-9-20-13-8-6-5-7-12(13)15(11)14(10(2)17)16(18)19-3/h5-8,11,14-15H,4,9H2,1-3H3. The fourth-order valence-corrected chi connectivity index (χ4v) is 2.96. The highest BCUT2D eigenvalue weighted by atomic mass is 16.5. The largest absolute Gasteiger partial charge is 0.493 e. The number of hydrogen-bond acceptors (Lipinski definition) is 4. The van der Waals surface area contributed by atoms with Gasteiger partial charge in [-0.2, -0.15) is 0 Å². The summed E-state index contributed by atoms with van der Waals surface area (Å²) in [6.07, 6.45) is 0.847. The molecule has 0 spiro atoms. The van der Waals surface area contributed by atoms with Crippen LogP contribution >= 0.6 is 0 Å². The van der Waals surface area contributed by atoms with Gasteiger partial charge in [0.1, 0.15) is 17.5 Å². The van der Waals surface area contributed by atoms with Crippen molar-refractivity contribution in [3.05, 3.63) is 29.8 Å². The number of para-hydroxylation sites is 1. The quantitative estimate of drug-likeness (QED) is 0.626. The Kier molecular flexibility index (Phi) is 4.42. The van der Waals surface area contributed by atoms with E-state index in [2.05, 4.69) is 0 Å². The molecule has 0 saturated heterocycles. The molecule has 3 unspecified atom stereocenters. The summed E-state index contributed by atoms with van der Waals surface area (Å²) in [5.41, 5.74) is 0.927. The lowest BCUT2D eigenvalue weighted by molar-refractivity contribution is -0.151. The summed E-state index contributed by atoms with van der Waals surface area (Å²) in [4.78, 5) is 24.0. The lowest BCUT2D eigenvalue weighted by Gasteiger charge is -2.36. The summed E-state index contributed by atoms with van der Waals surface area (Å²) in [6.45, 7) is 4.02. The van der Waals surface area contributed by atoms with E-state index in [0.717, 1.165) is 17.7 Å². The number of hydrogen-bond donors (Lipinski definition) is 0. The Morgan fingerprint density at radius 1 is 1.40 bits per heavy atom. The van der Waals surface area contributed by atoms with Crippen molar-refractivity contribution in [2.24, 2.45) is 11.8 Å². The van der Waals surface area contributed by atoms with E-state index in [1.165, 1.54) is 14.0 Å². The highest BCUT2D eigenvalue weighted by molar-refractivity contribution is 5.99. The maximum Gasteiger partial charge on any atom is 0.316 e. The molecule has 4 nitrogen and oxygen atoms in total. The SMILES string of the molecule is CCC1COc2ccccc2C1C(C(C)=O)C(=O)OC. The molecule has 3 atom stereocenters. The number of Topliss-reactive ketones (excluding diaryl/α,β-unsaturated/α-hetero) is 1. The molecule has 0 radical (unpaired) electrons. The third-order valence-electron chi connectivity index (χ3n) is 4.02. The number of carbonyl (C=O) groups is 2. The predicted octanol–water partition coefficient (Wildman–Crippen LogP) is 2.57. The maximum atomic E-state index is 12.0. The van der Waals surface area contributed by atoms with Gasteiger partial charge < -0.3 is 9.47 Å². The minimum Gasteiger partial charge on any atom is -0.493 e. The Morgan fingerprint density at radius 2 is 2.10 bits per heavy atom. The number of methoxy groups -OCH3 is 1. The summed E-state index contributed by atoms with van der Waals surface area (Å²) < 4.78 is 10.6. The van der Waals surface area contributed by atoms with Crippen LogP contribution in [0.2, 0.25) is 0 Å². The smallest absolute Gasteiger partial charge is 0.316 e. The molecule has 1 aliphatic rings. The molecule has 0 fully saturated rings. The van der Waals surface area contributed by atoms with Gasteiger partial charge in [0.15, 0.2) is 0 Å². The van der Waals surface area contributed by atoms with Gasteiger partial charge in [-0.25, -0.2) is 0 Å². The van der Waals surface area contributed by atoms with E-state index in [-0.39, 0.29) is 17.6 Å². The van der Waals surface area contributed by atoms with Gasteiger partial charge in [-0.1, -0.05) is 25.1 Å². The van der Waals surface area contributed by atoms with Crippen molar-refractivity contribution in [2.75, 3.05) is 13.7 Å². The van der Waals surface area contributed by atoms with Crippen molar-refractivity contribution in [1.29, 1.82) is 0 Å². The van der Waals surface area contributed by atoms with Crippen LogP contribution in [0.4, 0.5) is 0 Å². The summed E-state index contributed by atoms with van der Waals surface area (Å²) in [7, 11) is 1.32. The second-order valence-electron chi connectivity index (χ2n) is 5.15. The first kappa shape index (κ1) is 14.6. The Morgan fingerprint density at radius 3 is 2.70 bits per heavy atom. The second-order valence-corrected chi connectivity index (χ2v) is 5.15. The molecule has 1 heterocycles. The van der Waals surface area contributed by atoms with Gasteiger partial charge >= 0.3 is 5.97 Å². The monoisotopic (exact) mass is 276 g/mol. The number of ketones is 1. The van der Waals surface area contributed by atoms with Crippen molar-refractivity contribution in [3.63, 3.8) is 0 Å². The van der Waals surface area contributed by atoms with Crippen LogP contribution in [0, 0.1) is 11.8 Å². The van der Waals surface area contributed by atoms with Crippen LogP contribution in [0.15, 0.2) is 24.3 Å². The van der Waals surface area contributed by atoms with E-state index in [0.29, 0.717) is 6.61 Å². The topological polar surface area (TPSA) is 52.6 Å². The molecule has 0 saturated carbocycles. The zero-order valence-corrected chi connectivity index (χ0v) is 12.1. The fraction of sp³-hybridized carbons (Fsp3) is 0.500. The molecule has 108 valence electrons. The average Bonchev–Trinajstić information content (AvgIpc) is 2.47. The van der Waals surface area contributed by atoms with Gasteiger partial charge in [-0.05, 0) is 25.0 Å². The predicted molar refractivity (Wildman–Crippen MR) is 74.6 cm³/mol. The maximum absolute atomic E-state index is 12.0. The van der Waals surface area contributed by atoms with Gasteiger partial charge in [0.2, 0.25) is 0 Å². The van der Waals surface area contributed by atoms with Crippen molar-refractivity contribution in [3.8, 4) is 5.75 Å². The highest BCUT2D eigenvalue weighted by Gasteiger charge is 2.42. The van der Waals surface area contributed by atoms with E-state index in [9.17, 15) is 9.59 Å². The molecule has 0 bridgehead atoms. The van der Waals surface area contributed by atoms with E-state index >= 15 is 0 Å². The first-order valence-electron chi connectivity index (χ1n) is 6.90. The van der Waals surface area contributed by atoms with Crippen LogP contribution < -0.4 is 4.74 Å². The summed E-state index contributed by atoms with van der Waals surface area (Å²) in [5.74, 6) is -0.644. The van der Waals surface area contributed by atoms with Gasteiger partial charge in [-0.3, -0.25) is 9.59 Å². The van der Waals surface area contributed by atoms with Crippen molar-refractivity contribution >= 4 is 11.8 Å². The number of benzene rings is 1. The van der Waals surface area contributed by atoms with Crippen LogP contribution in [0.5, 0.6) is 5.75 Å². The summed E-state index contributed by atoms with van der Waals surface area (Å²) in [6, 6.07) is 7.61. The van der Waals surface area contributed by atoms with Crippen LogP contribution in [-0.2, 0) is 14.3 Å². The van der Waals surface area contributed by atoms with Crippen molar-refractivity contribution < 1.29 is 19.1 Å². The Balaban J connectivity index is 2.49. The Hall–Kier alpha value is -1.84. The first-order valence-corrected chi connectivity index (χ1v) is 6.90. The van der Waals surface area contributed by atoms with Gasteiger partial charge in [0.25, 0.3) is 0 Å². The lowest BCUT2D eigenvalue weighted by Crippen LogP contribution is -2.38. The van der Waals surface area contributed by atoms with E-state index < -0.39 is 11.9 Å². The normalized spacial score (nSPS) is 22.4. The Bertz CT molecular complexity index is 509. The minimum absolute atomic E-state index is 0.137. The highest BCUT2D eigenvalue weighted by Crippen LogP contribution is 2.43. The van der Waals surface area contributed by atoms with E-state index in [1.54, 1.807) is 0 Å². The molecule has 0 N–H and O–H groups in total. The lowest BCUT2D eigenvalue weighted by atomic mass is 9.73. The minimum atomic E-state index is -0.755. The zero-order valence-electron chi connectivity index (χ0n) is 12.1. The molecular formula is C16H20O4. The average molecular weight is 276 g/mol. The molecule has 0 aliphatic carbocycles. The fourth-order valence-electron chi connectivity index (χ4n) is 2.96. The molecule has 1 aromatic carbocycles. The van der Waals surface area contributed by atoms with Crippen LogP contribution in [0.25, 0.3) is 0 Å². The number of ether oxygens (including phenoxy) is 2. The van der Waals surface area contributed by atoms with Crippen molar-refractivity contribution in [1.82, 2.24) is 0 Å². The van der Waals surface area contributed by atoms with Gasteiger partial charge in [0, 0.05) is 11.8 Å². The van der Waals surface area contributed by atoms with Crippen LogP contribution in [0.3, 0.4) is 0 Å². The molecule has 20 heavy (non-hydrogen) atoms. The molecule has 4 heteroatoms. The van der Waals surface area contributed by atoms with Crippen molar-refractivity contribution in [2.45, 2.75) is 26.2 Å². The molecule has 2 rings (SSSR count). The number of rotatable bonds is 4. The van der Waals surface area contributed by atoms with Gasteiger partial charge in [-0.15, -0.1) is 0 Å². The first-order chi connectivity index (χ1) is 9.60. The molecule has 0 aromatic heterocycles. The number of carbonyl (C=O) groups excluding carboxylic acids is 2. The third kappa shape index (κ3) is 2.55. The van der Waals surface area contributed by atoms with E-state index in [1.807, 2.05) is 31.2 Å². The number of esters is 1. The third-order valence-corrected chi connectivity index (χ3v) is 4.02. The molecular weight excluding hydrogens is 256 g/mol. The molecule has 1 aliphatic heterocycles.